The van der Waals surface area contributed by atoms with Crippen LogP contribution >= 0.6 is 0 Å². The Kier molecular flexibility index (Phi) is 5.09. The molecule has 1 fully saturated rings. The van der Waals surface area contributed by atoms with Gasteiger partial charge in [0.2, 0.25) is 11.7 Å². The van der Waals surface area contributed by atoms with E-state index in [0.717, 1.165) is 30.6 Å². The molecule has 10 heteroatoms. The summed E-state index contributed by atoms with van der Waals surface area (Å²) in [5.74, 6) is 0.742. The summed E-state index contributed by atoms with van der Waals surface area (Å²) in [4.78, 5) is 32.0. The highest BCUT2D eigenvalue weighted by atomic mass is 16.5. The van der Waals surface area contributed by atoms with Crippen LogP contribution in [0.5, 0.6) is 5.75 Å². The van der Waals surface area contributed by atoms with Crippen LogP contribution in [0, 0.1) is 0 Å². The largest absolute Gasteiger partial charge is 0.491 e. The minimum Gasteiger partial charge on any atom is -0.491 e. The van der Waals surface area contributed by atoms with Crippen LogP contribution in [0.2, 0.25) is 0 Å². The maximum atomic E-state index is 13.3. The summed E-state index contributed by atoms with van der Waals surface area (Å²) >= 11 is 0. The standard InChI is InChI=1S/C25H24N6O4/c1-14(2)34-19-10-7-16(8-11-19)23-26-20(35-28-23)13-30-22-21(27-29-30)24(32)31(25(22)33)18-9-6-15-4-3-5-17(15)12-18/h6-12,14,21-22H,3-5,13H2,1-2H3/t21-,22+/m1/s1. The van der Waals surface area contributed by atoms with Gasteiger partial charge in [0, 0.05) is 5.56 Å². The molecule has 2 aromatic carbocycles. The summed E-state index contributed by atoms with van der Waals surface area (Å²) in [6.07, 6.45) is 3.17. The molecular weight excluding hydrogens is 448 g/mol. The van der Waals surface area contributed by atoms with E-state index in [1.165, 1.54) is 21.0 Å². The maximum absolute atomic E-state index is 13.3. The van der Waals surface area contributed by atoms with Crippen molar-refractivity contribution in [1.29, 1.82) is 0 Å². The Morgan fingerprint density at radius 2 is 1.86 bits per heavy atom. The number of anilines is 1. The molecule has 1 aromatic heterocycles. The lowest BCUT2D eigenvalue weighted by molar-refractivity contribution is -0.123. The van der Waals surface area contributed by atoms with Gasteiger partial charge in [0.05, 0.1) is 11.8 Å². The minimum absolute atomic E-state index is 0.0727. The highest BCUT2D eigenvalue weighted by molar-refractivity contribution is 6.25. The quantitative estimate of drug-likeness (QED) is 0.505. The molecule has 3 aromatic rings. The molecular formula is C25H24N6O4. The molecule has 0 saturated carbocycles. The van der Waals surface area contributed by atoms with E-state index in [2.05, 4.69) is 20.5 Å². The molecule has 2 atom stereocenters. The SMILES string of the molecule is CC(C)Oc1ccc(-c2noc(CN3N=N[C@H]4C(=O)N(c5ccc6c(c5)CCC6)C(=O)[C@H]43)n2)cc1. The van der Waals surface area contributed by atoms with Gasteiger partial charge in [0.25, 0.3) is 11.8 Å². The van der Waals surface area contributed by atoms with Crippen molar-refractivity contribution in [1.82, 2.24) is 15.1 Å². The highest BCUT2D eigenvalue weighted by Crippen LogP contribution is 2.35. The molecule has 3 aliphatic rings. The van der Waals surface area contributed by atoms with Crippen LogP contribution in [0.15, 0.2) is 57.3 Å². The Hall–Kier alpha value is -4.08. The van der Waals surface area contributed by atoms with E-state index in [4.69, 9.17) is 9.26 Å². The molecule has 0 N–H and O–H groups in total. The second kappa shape index (κ2) is 8.30. The minimum atomic E-state index is -0.869. The monoisotopic (exact) mass is 472 g/mol. The fourth-order valence-electron chi connectivity index (χ4n) is 4.84. The maximum Gasteiger partial charge on any atom is 0.263 e. The molecule has 1 aliphatic carbocycles. The second-order valence-corrected chi connectivity index (χ2v) is 9.21. The molecule has 6 rings (SSSR count). The van der Waals surface area contributed by atoms with Crippen LogP contribution in [-0.4, -0.2) is 45.2 Å². The van der Waals surface area contributed by atoms with Gasteiger partial charge in [-0.25, -0.2) is 4.90 Å². The Balaban J connectivity index is 1.18. The van der Waals surface area contributed by atoms with E-state index in [0.29, 0.717) is 11.5 Å². The molecule has 0 unspecified atom stereocenters. The molecule has 2 amide bonds. The van der Waals surface area contributed by atoms with Crippen molar-refractivity contribution in [3.05, 3.63) is 59.5 Å². The Morgan fingerprint density at radius 3 is 2.66 bits per heavy atom. The van der Waals surface area contributed by atoms with Gasteiger partial charge in [0.15, 0.2) is 12.1 Å². The summed E-state index contributed by atoms with van der Waals surface area (Å²) < 4.78 is 11.1. The number of carbonyl (C=O) groups excluding carboxylic acids is 2. The van der Waals surface area contributed by atoms with E-state index < -0.39 is 12.1 Å². The van der Waals surface area contributed by atoms with Gasteiger partial charge in [-0.1, -0.05) is 16.4 Å². The molecule has 35 heavy (non-hydrogen) atoms. The van der Waals surface area contributed by atoms with E-state index in [-0.39, 0.29) is 30.4 Å². The van der Waals surface area contributed by atoms with Crippen LogP contribution in [0.4, 0.5) is 5.69 Å². The first-order valence-corrected chi connectivity index (χ1v) is 11.7. The molecule has 1 saturated heterocycles. The highest BCUT2D eigenvalue weighted by Gasteiger charge is 2.55. The van der Waals surface area contributed by atoms with Crippen molar-refractivity contribution in [2.24, 2.45) is 10.3 Å². The number of amides is 2. The number of ether oxygens (including phenoxy) is 1. The molecule has 0 spiro atoms. The number of carbonyl (C=O) groups is 2. The van der Waals surface area contributed by atoms with E-state index in [1.807, 2.05) is 56.3 Å². The fourth-order valence-corrected chi connectivity index (χ4v) is 4.84. The zero-order valence-corrected chi connectivity index (χ0v) is 19.4. The van der Waals surface area contributed by atoms with Crippen LogP contribution in [0.1, 0.15) is 37.3 Å². The summed E-state index contributed by atoms with van der Waals surface area (Å²) in [5.41, 5.74) is 3.84. The third-order valence-electron chi connectivity index (χ3n) is 6.45. The molecule has 178 valence electrons. The number of hydrogen-bond acceptors (Lipinski definition) is 9. The van der Waals surface area contributed by atoms with Crippen molar-refractivity contribution >= 4 is 17.5 Å². The molecule has 3 heterocycles. The molecule has 0 radical (unpaired) electrons. The summed E-state index contributed by atoms with van der Waals surface area (Å²) in [7, 11) is 0. The van der Waals surface area contributed by atoms with E-state index in [1.54, 1.807) is 0 Å². The van der Waals surface area contributed by atoms with Crippen molar-refractivity contribution in [2.45, 2.75) is 57.8 Å². The van der Waals surface area contributed by atoms with Crippen molar-refractivity contribution < 1.29 is 18.8 Å². The number of imide groups is 1. The topological polar surface area (TPSA) is 113 Å². The van der Waals surface area contributed by atoms with Crippen molar-refractivity contribution in [3.8, 4) is 17.1 Å². The Labute approximate surface area is 201 Å². The van der Waals surface area contributed by atoms with Crippen LogP contribution < -0.4 is 9.64 Å². The van der Waals surface area contributed by atoms with Gasteiger partial charge in [-0.05, 0) is 80.6 Å². The Morgan fingerprint density at radius 1 is 1.06 bits per heavy atom. The molecule has 2 aliphatic heterocycles. The van der Waals surface area contributed by atoms with Gasteiger partial charge in [0.1, 0.15) is 12.3 Å². The van der Waals surface area contributed by atoms with Gasteiger partial charge in [-0.2, -0.15) is 10.1 Å². The average Bonchev–Trinajstić information content (AvgIpc) is 3.61. The fraction of sp³-hybridized carbons (Fsp3) is 0.360. The van der Waals surface area contributed by atoms with Gasteiger partial charge in [-0.15, -0.1) is 0 Å². The first-order valence-electron chi connectivity index (χ1n) is 11.7. The van der Waals surface area contributed by atoms with E-state index >= 15 is 0 Å². The summed E-state index contributed by atoms with van der Waals surface area (Å²) in [6.45, 7) is 4.00. The number of nitrogens with zero attached hydrogens (tertiary/aromatic N) is 6. The summed E-state index contributed by atoms with van der Waals surface area (Å²) in [5, 5.41) is 13.7. The predicted octanol–water partition coefficient (Wildman–Crippen LogP) is 3.51. The Bertz CT molecular complexity index is 1330. The number of rotatable bonds is 6. The van der Waals surface area contributed by atoms with Crippen LogP contribution in [-0.2, 0) is 29.0 Å². The number of benzene rings is 2. The third kappa shape index (κ3) is 3.74. The lowest BCUT2D eigenvalue weighted by Gasteiger charge is -2.19. The van der Waals surface area contributed by atoms with Gasteiger partial charge in [-0.3, -0.25) is 14.6 Å². The lowest BCUT2D eigenvalue weighted by atomic mass is 10.1. The number of hydrogen-bond donors (Lipinski definition) is 0. The van der Waals surface area contributed by atoms with Gasteiger partial charge < -0.3 is 9.26 Å². The zero-order chi connectivity index (χ0) is 24.1. The first-order chi connectivity index (χ1) is 17.0. The normalized spacial score (nSPS) is 20.8. The van der Waals surface area contributed by atoms with Gasteiger partial charge >= 0.3 is 0 Å². The lowest BCUT2D eigenvalue weighted by Crippen LogP contribution is -2.39. The number of fused-ring (bicyclic) bond motifs is 2. The zero-order valence-electron chi connectivity index (χ0n) is 19.4. The number of aromatic nitrogens is 2. The van der Waals surface area contributed by atoms with Crippen molar-refractivity contribution in [2.75, 3.05) is 4.90 Å². The summed E-state index contributed by atoms with van der Waals surface area (Å²) in [6, 6.07) is 11.5. The van der Waals surface area contributed by atoms with E-state index in [9.17, 15) is 9.59 Å². The number of aryl methyl sites for hydroxylation is 2. The average molecular weight is 473 g/mol. The van der Waals surface area contributed by atoms with Crippen LogP contribution in [0.25, 0.3) is 11.4 Å². The predicted molar refractivity (Wildman–Crippen MR) is 124 cm³/mol. The third-order valence-corrected chi connectivity index (χ3v) is 6.45. The van der Waals surface area contributed by atoms with Crippen molar-refractivity contribution in [3.63, 3.8) is 0 Å². The molecule has 10 nitrogen and oxygen atoms in total. The van der Waals surface area contributed by atoms with Crippen LogP contribution in [0.3, 0.4) is 0 Å². The smallest absolute Gasteiger partial charge is 0.263 e. The second-order valence-electron chi connectivity index (χ2n) is 9.21. The molecule has 0 bridgehead atoms. The first kappa shape index (κ1) is 21.5.